The molecule has 0 saturated heterocycles. The van der Waals surface area contributed by atoms with Crippen LogP contribution in [0.15, 0.2) is 42.5 Å². The fourth-order valence-electron chi connectivity index (χ4n) is 2.21. The first-order chi connectivity index (χ1) is 10.0. The monoisotopic (exact) mass is 299 g/mol. The van der Waals surface area contributed by atoms with Crippen molar-refractivity contribution in [3.8, 4) is 11.5 Å². The summed E-state index contributed by atoms with van der Waals surface area (Å²) in [6.07, 6.45) is 1.14. The van der Waals surface area contributed by atoms with Crippen molar-refractivity contribution in [1.29, 1.82) is 0 Å². The molecule has 0 fully saturated rings. The number of nitrogens with two attached hydrogens (primary N) is 1. The standard InChI is InChI=1S/C18H21NOS/c1-4-12(2)14-5-7-15(8-6-14)20-16-9-10-17(18(19)21)13(3)11-16/h5-12H,4H2,1-3H3,(H2,19,21). The minimum Gasteiger partial charge on any atom is -0.457 e. The molecule has 0 aliphatic heterocycles. The van der Waals surface area contributed by atoms with Crippen molar-refractivity contribution >= 4 is 17.2 Å². The lowest BCUT2D eigenvalue weighted by atomic mass is 9.99. The fourth-order valence-corrected chi connectivity index (χ4v) is 2.44. The van der Waals surface area contributed by atoms with E-state index in [0.717, 1.165) is 29.0 Å². The van der Waals surface area contributed by atoms with Crippen LogP contribution < -0.4 is 10.5 Å². The van der Waals surface area contributed by atoms with E-state index in [1.54, 1.807) is 0 Å². The van der Waals surface area contributed by atoms with Gasteiger partial charge in [0.05, 0.1) is 0 Å². The summed E-state index contributed by atoms with van der Waals surface area (Å²) in [7, 11) is 0. The first-order valence-electron chi connectivity index (χ1n) is 7.19. The van der Waals surface area contributed by atoms with E-state index >= 15 is 0 Å². The molecule has 2 nitrogen and oxygen atoms in total. The van der Waals surface area contributed by atoms with Gasteiger partial charge in [-0.1, -0.05) is 38.2 Å². The first kappa shape index (κ1) is 15.5. The van der Waals surface area contributed by atoms with Gasteiger partial charge in [0, 0.05) is 5.56 Å². The van der Waals surface area contributed by atoms with Gasteiger partial charge in [-0.25, -0.2) is 0 Å². The lowest BCUT2D eigenvalue weighted by Gasteiger charge is -2.12. The Hall–Kier alpha value is -1.87. The molecule has 110 valence electrons. The van der Waals surface area contributed by atoms with Crippen molar-refractivity contribution in [2.24, 2.45) is 5.73 Å². The molecule has 2 aromatic rings. The zero-order valence-corrected chi connectivity index (χ0v) is 13.5. The van der Waals surface area contributed by atoms with Crippen LogP contribution in [0.3, 0.4) is 0 Å². The lowest BCUT2D eigenvalue weighted by molar-refractivity contribution is 0.482. The van der Waals surface area contributed by atoms with Crippen LogP contribution in [0.5, 0.6) is 11.5 Å². The molecule has 1 atom stereocenters. The Labute approximate surface area is 131 Å². The van der Waals surface area contributed by atoms with Crippen molar-refractivity contribution in [1.82, 2.24) is 0 Å². The van der Waals surface area contributed by atoms with Gasteiger partial charge in [0.2, 0.25) is 0 Å². The van der Waals surface area contributed by atoms with Crippen LogP contribution in [-0.4, -0.2) is 4.99 Å². The SMILES string of the molecule is CCC(C)c1ccc(Oc2ccc(C(N)=S)c(C)c2)cc1. The van der Waals surface area contributed by atoms with Gasteiger partial charge in [0.1, 0.15) is 16.5 Å². The van der Waals surface area contributed by atoms with Crippen LogP contribution in [0.4, 0.5) is 0 Å². The highest BCUT2D eigenvalue weighted by Gasteiger charge is 2.06. The molecule has 0 bridgehead atoms. The van der Waals surface area contributed by atoms with Crippen LogP contribution >= 0.6 is 12.2 Å². The van der Waals surface area contributed by atoms with Gasteiger partial charge in [-0.05, 0) is 60.7 Å². The summed E-state index contributed by atoms with van der Waals surface area (Å²) in [6.45, 7) is 6.41. The highest BCUT2D eigenvalue weighted by atomic mass is 32.1. The number of rotatable bonds is 5. The quantitative estimate of drug-likeness (QED) is 0.795. The predicted octanol–water partition coefficient (Wildman–Crippen LogP) is 4.94. The summed E-state index contributed by atoms with van der Waals surface area (Å²) in [4.78, 5) is 0.414. The normalized spacial score (nSPS) is 12.0. The average molecular weight is 299 g/mol. The smallest absolute Gasteiger partial charge is 0.127 e. The number of hydrogen-bond acceptors (Lipinski definition) is 2. The molecule has 0 amide bonds. The van der Waals surface area contributed by atoms with E-state index in [1.165, 1.54) is 5.56 Å². The van der Waals surface area contributed by atoms with E-state index < -0.39 is 0 Å². The second-order valence-corrected chi connectivity index (χ2v) is 5.76. The molecule has 2 rings (SSSR count). The second kappa shape index (κ2) is 6.72. The Bertz CT molecular complexity index is 634. The van der Waals surface area contributed by atoms with Crippen molar-refractivity contribution in [2.45, 2.75) is 33.1 Å². The Morgan fingerprint density at radius 2 is 1.76 bits per heavy atom. The number of aryl methyl sites for hydroxylation is 1. The van der Waals surface area contributed by atoms with Gasteiger partial charge in [-0.15, -0.1) is 0 Å². The molecule has 2 aromatic carbocycles. The zero-order chi connectivity index (χ0) is 15.4. The minimum absolute atomic E-state index is 0.414. The number of benzene rings is 2. The number of hydrogen-bond donors (Lipinski definition) is 1. The topological polar surface area (TPSA) is 35.2 Å². The van der Waals surface area contributed by atoms with E-state index in [9.17, 15) is 0 Å². The molecule has 0 saturated carbocycles. The molecule has 0 radical (unpaired) electrons. The Morgan fingerprint density at radius 1 is 1.14 bits per heavy atom. The maximum Gasteiger partial charge on any atom is 0.127 e. The maximum atomic E-state index is 5.88. The summed E-state index contributed by atoms with van der Waals surface area (Å²) >= 11 is 5.01. The summed E-state index contributed by atoms with van der Waals surface area (Å²) in [5, 5.41) is 0. The zero-order valence-electron chi connectivity index (χ0n) is 12.7. The van der Waals surface area contributed by atoms with E-state index in [0.29, 0.717) is 10.9 Å². The molecule has 2 N–H and O–H groups in total. The van der Waals surface area contributed by atoms with Crippen molar-refractivity contribution in [3.63, 3.8) is 0 Å². The maximum absolute atomic E-state index is 5.88. The fraction of sp³-hybridized carbons (Fsp3) is 0.278. The van der Waals surface area contributed by atoms with E-state index in [1.807, 2.05) is 37.3 Å². The Kier molecular flexibility index (Phi) is 4.97. The molecule has 21 heavy (non-hydrogen) atoms. The minimum atomic E-state index is 0.414. The third-order valence-corrected chi connectivity index (χ3v) is 3.98. The van der Waals surface area contributed by atoms with Gasteiger partial charge in [-0.3, -0.25) is 0 Å². The van der Waals surface area contributed by atoms with E-state index in [2.05, 4.69) is 26.0 Å². The van der Waals surface area contributed by atoms with Crippen LogP contribution in [0, 0.1) is 6.92 Å². The molecular weight excluding hydrogens is 278 g/mol. The highest BCUT2D eigenvalue weighted by molar-refractivity contribution is 7.80. The summed E-state index contributed by atoms with van der Waals surface area (Å²) in [5.74, 6) is 2.21. The van der Waals surface area contributed by atoms with Gasteiger partial charge >= 0.3 is 0 Å². The van der Waals surface area contributed by atoms with Gasteiger partial charge in [0.15, 0.2) is 0 Å². The molecule has 0 aromatic heterocycles. The first-order valence-corrected chi connectivity index (χ1v) is 7.60. The third-order valence-electron chi connectivity index (χ3n) is 3.76. The number of ether oxygens (including phenoxy) is 1. The number of thiocarbonyl (C=S) groups is 1. The van der Waals surface area contributed by atoms with Crippen molar-refractivity contribution in [2.75, 3.05) is 0 Å². The molecule has 0 heterocycles. The largest absolute Gasteiger partial charge is 0.457 e. The van der Waals surface area contributed by atoms with Crippen molar-refractivity contribution in [3.05, 3.63) is 59.2 Å². The molecule has 0 aliphatic carbocycles. The van der Waals surface area contributed by atoms with E-state index in [-0.39, 0.29) is 0 Å². The Morgan fingerprint density at radius 3 is 2.29 bits per heavy atom. The Balaban J connectivity index is 2.15. The van der Waals surface area contributed by atoms with Crippen LogP contribution in [0.25, 0.3) is 0 Å². The average Bonchev–Trinajstić information content (AvgIpc) is 2.47. The van der Waals surface area contributed by atoms with Crippen molar-refractivity contribution < 1.29 is 4.74 Å². The highest BCUT2D eigenvalue weighted by Crippen LogP contribution is 2.26. The molecule has 3 heteroatoms. The molecule has 0 spiro atoms. The van der Waals surface area contributed by atoms with Gasteiger partial charge in [0.25, 0.3) is 0 Å². The third kappa shape index (κ3) is 3.82. The summed E-state index contributed by atoms with van der Waals surface area (Å²) < 4.78 is 5.88. The molecular formula is C18H21NOS. The van der Waals surface area contributed by atoms with Gasteiger partial charge < -0.3 is 10.5 Å². The second-order valence-electron chi connectivity index (χ2n) is 5.32. The summed E-state index contributed by atoms with van der Waals surface area (Å²) in [6, 6.07) is 14.0. The van der Waals surface area contributed by atoms with Crippen LogP contribution in [0.1, 0.15) is 42.9 Å². The molecule has 0 aliphatic rings. The van der Waals surface area contributed by atoms with Crippen LogP contribution in [0.2, 0.25) is 0 Å². The summed E-state index contributed by atoms with van der Waals surface area (Å²) in [5.41, 5.74) is 8.92. The van der Waals surface area contributed by atoms with E-state index in [4.69, 9.17) is 22.7 Å². The lowest BCUT2D eigenvalue weighted by Crippen LogP contribution is -2.10. The predicted molar refractivity (Wildman–Crippen MR) is 92.3 cm³/mol. The molecule has 1 unspecified atom stereocenters. The van der Waals surface area contributed by atoms with Gasteiger partial charge in [-0.2, -0.15) is 0 Å². The van der Waals surface area contributed by atoms with Crippen LogP contribution in [-0.2, 0) is 0 Å².